The second kappa shape index (κ2) is 6.69. The average Bonchev–Trinajstić information content (AvgIpc) is 2.39. The highest BCUT2D eigenvalue weighted by atomic mass is 16.5. The zero-order chi connectivity index (χ0) is 12.0. The van der Waals surface area contributed by atoms with Crippen LogP contribution in [0.3, 0.4) is 0 Å². The van der Waals surface area contributed by atoms with Gasteiger partial charge in [0.25, 0.3) is 0 Å². The predicted molar refractivity (Wildman–Crippen MR) is 68.3 cm³/mol. The Balaban J connectivity index is 1.79. The van der Waals surface area contributed by atoms with Crippen LogP contribution in [0.25, 0.3) is 0 Å². The summed E-state index contributed by atoms with van der Waals surface area (Å²) < 4.78 is 11.4. The van der Waals surface area contributed by atoms with Gasteiger partial charge in [-0.15, -0.1) is 0 Å². The number of piperazine rings is 1. The van der Waals surface area contributed by atoms with Gasteiger partial charge in [-0.1, -0.05) is 0 Å². The van der Waals surface area contributed by atoms with E-state index in [9.17, 15) is 0 Å². The van der Waals surface area contributed by atoms with Crippen molar-refractivity contribution in [3.05, 3.63) is 0 Å². The summed E-state index contributed by atoms with van der Waals surface area (Å²) in [6.07, 6.45) is 4.76. The molecule has 2 saturated heterocycles. The van der Waals surface area contributed by atoms with Gasteiger partial charge in [0, 0.05) is 46.4 Å². The Morgan fingerprint density at radius 1 is 1.29 bits per heavy atom. The Bertz CT molecular complexity index is 206. The van der Waals surface area contributed by atoms with Crippen LogP contribution in [0.15, 0.2) is 0 Å². The first kappa shape index (κ1) is 13.3. The monoisotopic (exact) mass is 242 g/mol. The molecule has 1 atom stereocenters. The van der Waals surface area contributed by atoms with Crippen molar-refractivity contribution in [1.29, 1.82) is 0 Å². The first-order chi connectivity index (χ1) is 8.35. The van der Waals surface area contributed by atoms with E-state index in [1.165, 1.54) is 25.9 Å². The molecule has 0 saturated carbocycles. The maximum absolute atomic E-state index is 6.03. The summed E-state index contributed by atoms with van der Waals surface area (Å²) in [7, 11) is 1.78. The lowest BCUT2D eigenvalue weighted by atomic mass is 9.91. The minimum atomic E-state index is -0.00211. The molecule has 2 aliphatic rings. The molecule has 0 spiro atoms. The van der Waals surface area contributed by atoms with E-state index in [1.807, 2.05) is 0 Å². The van der Waals surface area contributed by atoms with E-state index in [1.54, 1.807) is 7.11 Å². The highest BCUT2D eigenvalue weighted by Crippen LogP contribution is 2.29. The number of rotatable bonds is 5. The highest BCUT2D eigenvalue weighted by Gasteiger charge is 2.33. The minimum Gasteiger partial charge on any atom is -0.382 e. The van der Waals surface area contributed by atoms with Crippen LogP contribution in [0.5, 0.6) is 0 Å². The highest BCUT2D eigenvalue weighted by molar-refractivity contribution is 4.85. The van der Waals surface area contributed by atoms with Gasteiger partial charge in [0.05, 0.1) is 12.2 Å². The van der Waals surface area contributed by atoms with E-state index >= 15 is 0 Å². The first-order valence-electron chi connectivity index (χ1n) is 6.91. The molecule has 0 bridgehead atoms. The molecule has 2 heterocycles. The summed E-state index contributed by atoms with van der Waals surface area (Å²) in [5, 5.41) is 3.39. The van der Waals surface area contributed by atoms with Crippen LogP contribution in [0.1, 0.15) is 25.7 Å². The summed E-state index contributed by atoms with van der Waals surface area (Å²) in [6.45, 7) is 7.39. The standard InChI is InChI=1S/C13H26N2O2/c1-16-12-13(4-2-3-11-17-13)5-8-15-9-6-14-7-10-15/h14H,2-12H2,1H3. The molecule has 4 nitrogen and oxygen atoms in total. The van der Waals surface area contributed by atoms with E-state index in [0.717, 1.165) is 45.7 Å². The predicted octanol–water partition coefficient (Wildman–Crippen LogP) is 0.867. The number of ether oxygens (including phenoxy) is 2. The third kappa shape index (κ3) is 3.91. The molecule has 100 valence electrons. The van der Waals surface area contributed by atoms with Crippen LogP contribution in [0.4, 0.5) is 0 Å². The maximum Gasteiger partial charge on any atom is 0.0926 e. The van der Waals surface area contributed by atoms with E-state index in [2.05, 4.69) is 10.2 Å². The molecule has 1 N–H and O–H groups in total. The van der Waals surface area contributed by atoms with Gasteiger partial charge in [0.1, 0.15) is 0 Å². The molecule has 0 aromatic rings. The first-order valence-corrected chi connectivity index (χ1v) is 6.91. The summed E-state index contributed by atoms with van der Waals surface area (Å²) in [5.41, 5.74) is -0.00211. The molecule has 4 heteroatoms. The van der Waals surface area contributed by atoms with Gasteiger partial charge >= 0.3 is 0 Å². The Hall–Kier alpha value is -0.160. The van der Waals surface area contributed by atoms with Gasteiger partial charge in [0.15, 0.2) is 0 Å². The third-order valence-electron chi connectivity index (χ3n) is 3.94. The second-order valence-electron chi connectivity index (χ2n) is 5.26. The topological polar surface area (TPSA) is 33.7 Å². The molecule has 0 amide bonds. The molecule has 17 heavy (non-hydrogen) atoms. The number of nitrogens with zero attached hydrogens (tertiary/aromatic N) is 1. The largest absolute Gasteiger partial charge is 0.382 e. The van der Waals surface area contributed by atoms with E-state index < -0.39 is 0 Å². The van der Waals surface area contributed by atoms with Crippen LogP contribution < -0.4 is 5.32 Å². The summed E-state index contributed by atoms with van der Waals surface area (Å²) in [5.74, 6) is 0. The van der Waals surface area contributed by atoms with Crippen molar-refractivity contribution in [3.8, 4) is 0 Å². The van der Waals surface area contributed by atoms with Gasteiger partial charge < -0.3 is 19.7 Å². The Morgan fingerprint density at radius 3 is 2.76 bits per heavy atom. The fraction of sp³-hybridized carbons (Fsp3) is 1.00. The Kier molecular flexibility index (Phi) is 5.22. The SMILES string of the molecule is COCC1(CCN2CCNCC2)CCCCO1. The lowest BCUT2D eigenvalue weighted by Gasteiger charge is -2.39. The number of hydrogen-bond acceptors (Lipinski definition) is 4. The molecule has 2 fully saturated rings. The molecule has 1 unspecified atom stereocenters. The van der Waals surface area contributed by atoms with E-state index in [4.69, 9.17) is 9.47 Å². The van der Waals surface area contributed by atoms with Gasteiger partial charge in [-0.3, -0.25) is 0 Å². The molecule has 2 rings (SSSR count). The molecular weight excluding hydrogens is 216 g/mol. The van der Waals surface area contributed by atoms with Gasteiger partial charge in [-0.25, -0.2) is 0 Å². The average molecular weight is 242 g/mol. The van der Waals surface area contributed by atoms with Crippen molar-refractivity contribution < 1.29 is 9.47 Å². The van der Waals surface area contributed by atoms with Crippen LogP contribution in [-0.4, -0.2) is 63.5 Å². The van der Waals surface area contributed by atoms with Crippen molar-refractivity contribution in [3.63, 3.8) is 0 Å². The molecule has 2 aliphatic heterocycles. The van der Waals surface area contributed by atoms with Crippen molar-refractivity contribution in [1.82, 2.24) is 10.2 Å². The molecule has 0 aliphatic carbocycles. The number of methoxy groups -OCH3 is 1. The Morgan fingerprint density at radius 2 is 2.12 bits per heavy atom. The third-order valence-corrected chi connectivity index (χ3v) is 3.94. The van der Waals surface area contributed by atoms with Crippen molar-refractivity contribution in [2.24, 2.45) is 0 Å². The van der Waals surface area contributed by atoms with Crippen molar-refractivity contribution in [2.75, 3.05) is 53.0 Å². The number of nitrogens with one attached hydrogen (secondary N) is 1. The Labute approximate surface area is 105 Å². The molecule has 0 aromatic carbocycles. The van der Waals surface area contributed by atoms with Crippen LogP contribution in [0.2, 0.25) is 0 Å². The zero-order valence-electron chi connectivity index (χ0n) is 11.0. The summed E-state index contributed by atoms with van der Waals surface area (Å²) in [6, 6.07) is 0. The van der Waals surface area contributed by atoms with Crippen LogP contribution >= 0.6 is 0 Å². The van der Waals surface area contributed by atoms with Crippen molar-refractivity contribution >= 4 is 0 Å². The molecular formula is C13H26N2O2. The zero-order valence-corrected chi connectivity index (χ0v) is 11.0. The summed E-state index contributed by atoms with van der Waals surface area (Å²) >= 11 is 0. The fourth-order valence-electron chi connectivity index (χ4n) is 2.85. The second-order valence-corrected chi connectivity index (χ2v) is 5.26. The minimum absolute atomic E-state index is 0.00211. The molecule has 0 radical (unpaired) electrons. The van der Waals surface area contributed by atoms with Crippen molar-refractivity contribution in [2.45, 2.75) is 31.3 Å². The number of hydrogen-bond donors (Lipinski definition) is 1. The summed E-state index contributed by atoms with van der Waals surface area (Å²) in [4.78, 5) is 2.53. The smallest absolute Gasteiger partial charge is 0.0926 e. The lowest BCUT2D eigenvalue weighted by molar-refractivity contribution is -0.123. The quantitative estimate of drug-likeness (QED) is 0.775. The van der Waals surface area contributed by atoms with E-state index in [0.29, 0.717) is 0 Å². The molecule has 0 aromatic heterocycles. The van der Waals surface area contributed by atoms with Gasteiger partial charge in [-0.2, -0.15) is 0 Å². The van der Waals surface area contributed by atoms with Gasteiger partial charge in [0.2, 0.25) is 0 Å². The van der Waals surface area contributed by atoms with E-state index in [-0.39, 0.29) is 5.60 Å². The van der Waals surface area contributed by atoms with Gasteiger partial charge in [-0.05, 0) is 25.7 Å². The van der Waals surface area contributed by atoms with Crippen LogP contribution in [-0.2, 0) is 9.47 Å². The normalized spacial score (nSPS) is 31.6. The lowest BCUT2D eigenvalue weighted by Crippen LogP contribution is -2.48. The maximum atomic E-state index is 6.03. The fourth-order valence-corrected chi connectivity index (χ4v) is 2.85. The van der Waals surface area contributed by atoms with Crippen LogP contribution in [0, 0.1) is 0 Å².